The van der Waals surface area contributed by atoms with E-state index in [1.165, 1.54) is 4.88 Å². The average molecular weight is 539 g/mol. The first-order chi connectivity index (χ1) is 18.0. The van der Waals surface area contributed by atoms with Gasteiger partial charge in [0.15, 0.2) is 0 Å². The van der Waals surface area contributed by atoms with Gasteiger partial charge in [-0.1, -0.05) is 29.3 Å². The lowest BCUT2D eigenvalue weighted by Crippen LogP contribution is -2.49. The average Bonchev–Trinajstić information content (AvgIpc) is 3.60. The molecule has 3 heterocycles. The van der Waals surface area contributed by atoms with Gasteiger partial charge in [0, 0.05) is 35.2 Å². The second-order valence-corrected chi connectivity index (χ2v) is 11.0. The molecular formula is C29H31ClN2O4S. The van der Waals surface area contributed by atoms with Crippen molar-refractivity contribution in [3.05, 3.63) is 86.6 Å². The largest absolute Gasteiger partial charge is 0.491 e. The number of rotatable bonds is 8. The van der Waals surface area contributed by atoms with E-state index < -0.39 is 0 Å². The third-order valence-corrected chi connectivity index (χ3v) is 8.25. The number of carbonyl (C=O) groups is 2. The molecule has 0 aliphatic carbocycles. The van der Waals surface area contributed by atoms with Gasteiger partial charge in [-0.2, -0.15) is 0 Å². The van der Waals surface area contributed by atoms with Crippen molar-refractivity contribution >= 4 is 34.8 Å². The van der Waals surface area contributed by atoms with Crippen LogP contribution in [0.3, 0.4) is 0 Å². The van der Waals surface area contributed by atoms with Gasteiger partial charge in [-0.25, -0.2) is 0 Å². The molecule has 2 amide bonds. The Morgan fingerprint density at radius 1 is 1.14 bits per heavy atom. The lowest BCUT2D eigenvalue weighted by atomic mass is 10.00. The zero-order valence-corrected chi connectivity index (χ0v) is 22.5. The third-order valence-electron chi connectivity index (χ3n) is 7.00. The molecule has 5 rings (SSSR count). The van der Waals surface area contributed by atoms with E-state index in [1.54, 1.807) is 28.4 Å². The number of hydrogen-bond acceptors (Lipinski definition) is 5. The molecule has 0 spiro atoms. The van der Waals surface area contributed by atoms with E-state index in [9.17, 15) is 9.59 Å². The molecule has 37 heavy (non-hydrogen) atoms. The molecule has 2 aromatic carbocycles. The molecule has 0 saturated carbocycles. The number of carbonyl (C=O) groups excluding carboxylic acids is 2. The van der Waals surface area contributed by atoms with Gasteiger partial charge in [0.25, 0.3) is 5.91 Å². The molecule has 2 atom stereocenters. The summed E-state index contributed by atoms with van der Waals surface area (Å²) < 4.78 is 11.9. The molecule has 1 saturated heterocycles. The summed E-state index contributed by atoms with van der Waals surface area (Å²) in [5, 5.41) is 2.71. The Kier molecular flexibility index (Phi) is 8.13. The normalized spacial score (nSPS) is 18.9. The molecule has 8 heteroatoms. The molecule has 2 aliphatic heterocycles. The number of amides is 2. The van der Waals surface area contributed by atoms with Gasteiger partial charge >= 0.3 is 0 Å². The Labute approximate surface area is 226 Å². The number of nitrogens with zero attached hydrogens (tertiary/aromatic N) is 2. The van der Waals surface area contributed by atoms with Crippen LogP contribution in [0.2, 0.25) is 5.02 Å². The van der Waals surface area contributed by atoms with Crippen molar-refractivity contribution < 1.29 is 19.1 Å². The summed E-state index contributed by atoms with van der Waals surface area (Å²) in [5.41, 5.74) is 2.79. The van der Waals surface area contributed by atoms with E-state index in [-0.39, 0.29) is 30.5 Å². The van der Waals surface area contributed by atoms with Gasteiger partial charge in [-0.3, -0.25) is 9.59 Å². The number of benzene rings is 2. The Hall–Kier alpha value is -2.87. The van der Waals surface area contributed by atoms with Gasteiger partial charge < -0.3 is 19.3 Å². The number of ether oxygens (including phenoxy) is 2. The van der Waals surface area contributed by atoms with Crippen LogP contribution in [-0.4, -0.2) is 60.6 Å². The Bertz CT molecular complexity index is 1220. The van der Waals surface area contributed by atoms with Crippen molar-refractivity contribution in [3.63, 3.8) is 0 Å². The maximum atomic E-state index is 13.8. The zero-order valence-electron chi connectivity index (χ0n) is 20.9. The Balaban J connectivity index is 1.34. The molecule has 2 aliphatic rings. The van der Waals surface area contributed by atoms with E-state index in [0.29, 0.717) is 42.6 Å². The van der Waals surface area contributed by atoms with Crippen molar-refractivity contribution in [2.75, 3.05) is 32.8 Å². The van der Waals surface area contributed by atoms with E-state index in [2.05, 4.69) is 11.4 Å². The second kappa shape index (κ2) is 11.7. The highest BCUT2D eigenvalue weighted by Crippen LogP contribution is 2.34. The lowest BCUT2D eigenvalue weighted by molar-refractivity contribution is -0.135. The van der Waals surface area contributed by atoms with Crippen LogP contribution in [-0.2, 0) is 16.0 Å². The Morgan fingerprint density at radius 2 is 1.92 bits per heavy atom. The van der Waals surface area contributed by atoms with Gasteiger partial charge in [-0.15, -0.1) is 11.3 Å². The summed E-state index contributed by atoms with van der Waals surface area (Å²) in [6.07, 6.45) is 2.62. The Morgan fingerprint density at radius 3 is 2.65 bits per heavy atom. The van der Waals surface area contributed by atoms with Crippen LogP contribution in [0.5, 0.6) is 5.75 Å². The molecular weight excluding hydrogens is 508 g/mol. The van der Waals surface area contributed by atoms with Crippen molar-refractivity contribution in [1.29, 1.82) is 0 Å². The predicted molar refractivity (Wildman–Crippen MR) is 145 cm³/mol. The fraction of sp³-hybridized carbons (Fsp3) is 0.379. The summed E-state index contributed by atoms with van der Waals surface area (Å²) >= 11 is 7.73. The molecule has 0 radical (unpaired) electrons. The number of thiophene rings is 1. The standard InChI is InChI=1S/C29H31ClN2O4S/c1-20-4-6-21(7-5-20)29(34)31(17-24-3-2-15-35-24)18-28(33)32-14-12-27-25(13-16-37-27)26(32)19-36-23-10-8-22(30)9-11-23/h4-11,13,16,24,26H,2-3,12,14-15,17-19H2,1H3/t24-,26+/m1/s1. The topological polar surface area (TPSA) is 59.1 Å². The van der Waals surface area contributed by atoms with Crippen molar-refractivity contribution in [1.82, 2.24) is 9.80 Å². The molecule has 1 aromatic heterocycles. The van der Waals surface area contributed by atoms with E-state index in [4.69, 9.17) is 21.1 Å². The summed E-state index contributed by atoms with van der Waals surface area (Å²) in [4.78, 5) is 32.1. The van der Waals surface area contributed by atoms with Gasteiger partial charge in [0.2, 0.25) is 5.91 Å². The molecule has 0 bridgehead atoms. The highest BCUT2D eigenvalue weighted by atomic mass is 35.5. The van der Waals surface area contributed by atoms with Crippen LogP contribution in [0, 0.1) is 6.92 Å². The summed E-state index contributed by atoms with van der Waals surface area (Å²) in [6, 6.07) is 16.6. The second-order valence-electron chi connectivity index (χ2n) is 9.60. The van der Waals surface area contributed by atoms with Gasteiger partial charge in [0.05, 0.1) is 12.1 Å². The molecule has 3 aromatic rings. The maximum absolute atomic E-state index is 13.8. The number of aryl methyl sites for hydroxylation is 1. The first-order valence-electron chi connectivity index (χ1n) is 12.7. The van der Waals surface area contributed by atoms with Crippen LogP contribution in [0.1, 0.15) is 45.2 Å². The van der Waals surface area contributed by atoms with Crippen LogP contribution >= 0.6 is 22.9 Å². The van der Waals surface area contributed by atoms with E-state index in [0.717, 1.165) is 30.4 Å². The maximum Gasteiger partial charge on any atom is 0.254 e. The van der Waals surface area contributed by atoms with E-state index >= 15 is 0 Å². The fourth-order valence-corrected chi connectivity index (χ4v) is 6.02. The number of fused-ring (bicyclic) bond motifs is 1. The molecule has 194 valence electrons. The summed E-state index contributed by atoms with van der Waals surface area (Å²) in [6.45, 7) is 4.01. The monoisotopic (exact) mass is 538 g/mol. The first-order valence-corrected chi connectivity index (χ1v) is 14.0. The fourth-order valence-electron chi connectivity index (χ4n) is 4.97. The minimum absolute atomic E-state index is 0.00346. The summed E-state index contributed by atoms with van der Waals surface area (Å²) in [5.74, 6) is 0.472. The minimum atomic E-state index is -0.225. The van der Waals surface area contributed by atoms with Crippen molar-refractivity contribution in [2.45, 2.75) is 38.3 Å². The molecule has 0 N–H and O–H groups in total. The quantitative estimate of drug-likeness (QED) is 0.378. The predicted octanol–water partition coefficient (Wildman–Crippen LogP) is 5.54. The van der Waals surface area contributed by atoms with E-state index in [1.807, 2.05) is 48.2 Å². The third kappa shape index (κ3) is 6.17. The summed E-state index contributed by atoms with van der Waals surface area (Å²) in [7, 11) is 0. The smallest absolute Gasteiger partial charge is 0.254 e. The lowest BCUT2D eigenvalue weighted by Gasteiger charge is -2.37. The highest BCUT2D eigenvalue weighted by Gasteiger charge is 2.34. The van der Waals surface area contributed by atoms with Crippen LogP contribution < -0.4 is 4.74 Å². The van der Waals surface area contributed by atoms with Crippen LogP contribution in [0.25, 0.3) is 0 Å². The van der Waals surface area contributed by atoms with Crippen molar-refractivity contribution in [3.8, 4) is 5.75 Å². The molecule has 1 fully saturated rings. The first kappa shape index (κ1) is 25.8. The minimum Gasteiger partial charge on any atom is -0.491 e. The van der Waals surface area contributed by atoms with Gasteiger partial charge in [0.1, 0.15) is 18.9 Å². The SMILES string of the molecule is Cc1ccc(C(=O)N(CC(=O)N2CCc3sccc3[C@@H]2COc2ccc(Cl)cc2)C[C@H]2CCCO2)cc1. The zero-order chi connectivity index (χ0) is 25.8. The molecule has 0 unspecified atom stereocenters. The van der Waals surface area contributed by atoms with Crippen LogP contribution in [0.15, 0.2) is 60.0 Å². The van der Waals surface area contributed by atoms with Gasteiger partial charge in [-0.05, 0) is 79.6 Å². The highest BCUT2D eigenvalue weighted by molar-refractivity contribution is 7.10. The number of halogens is 1. The van der Waals surface area contributed by atoms with Crippen LogP contribution in [0.4, 0.5) is 0 Å². The van der Waals surface area contributed by atoms with Crippen molar-refractivity contribution in [2.24, 2.45) is 0 Å². The molecule has 6 nitrogen and oxygen atoms in total. The number of hydrogen-bond donors (Lipinski definition) is 0.